The molecule has 0 unspecified atom stereocenters. The first-order chi connectivity index (χ1) is 13.8. The van der Waals surface area contributed by atoms with E-state index >= 15 is 0 Å². The topological polar surface area (TPSA) is 69.0 Å². The minimum Gasteiger partial charge on any atom is -0.455 e. The molecule has 0 bridgehead atoms. The van der Waals surface area contributed by atoms with E-state index in [1.165, 1.54) is 27.3 Å². The number of halogens is 1. The molecular weight excluding hydrogens is 373 g/mol. The molecule has 3 heterocycles. The fourth-order valence-corrected chi connectivity index (χ4v) is 3.55. The lowest BCUT2D eigenvalue weighted by Crippen LogP contribution is -2.18. The third kappa shape index (κ3) is 3.14. The Balaban J connectivity index is 1.99. The highest BCUT2D eigenvalue weighted by Gasteiger charge is 2.18. The van der Waals surface area contributed by atoms with Crippen LogP contribution in [0, 0.1) is 19.7 Å². The Morgan fingerprint density at radius 2 is 1.66 bits per heavy atom. The molecule has 0 aliphatic rings. The van der Waals surface area contributed by atoms with Crippen molar-refractivity contribution in [1.29, 1.82) is 0 Å². The van der Waals surface area contributed by atoms with Gasteiger partial charge in [-0.3, -0.25) is 9.59 Å². The summed E-state index contributed by atoms with van der Waals surface area (Å²) in [6.07, 6.45) is 4.97. The van der Waals surface area contributed by atoms with Crippen LogP contribution in [-0.4, -0.2) is 14.1 Å². The van der Waals surface area contributed by atoms with Gasteiger partial charge in [0.05, 0.1) is 6.20 Å². The van der Waals surface area contributed by atoms with Gasteiger partial charge in [0.15, 0.2) is 5.75 Å². The quantitative estimate of drug-likeness (QED) is 0.576. The number of hydrogen-bond donors (Lipinski definition) is 1. The number of ether oxygens (including phenoxy) is 1. The SMILES string of the molecule is Cc1cc(F)cc(C)c1Oc1cn(C)c(=O)cc1-c1cn(C)c(=O)c2[nH]ccc12. The summed E-state index contributed by atoms with van der Waals surface area (Å²) in [5, 5.41) is 0.693. The Kier molecular flexibility index (Phi) is 4.38. The number of nitrogens with one attached hydrogen (secondary N) is 1. The summed E-state index contributed by atoms with van der Waals surface area (Å²) >= 11 is 0. The van der Waals surface area contributed by atoms with Crippen LogP contribution in [0.3, 0.4) is 0 Å². The van der Waals surface area contributed by atoms with E-state index in [1.807, 2.05) is 0 Å². The van der Waals surface area contributed by atoms with Gasteiger partial charge in [0.25, 0.3) is 11.1 Å². The summed E-state index contributed by atoms with van der Waals surface area (Å²) in [7, 11) is 3.29. The number of aromatic nitrogens is 3. The van der Waals surface area contributed by atoms with Gasteiger partial charge < -0.3 is 18.9 Å². The number of rotatable bonds is 3. The van der Waals surface area contributed by atoms with Crippen LogP contribution in [-0.2, 0) is 14.1 Å². The van der Waals surface area contributed by atoms with Gasteiger partial charge in [0.2, 0.25) is 0 Å². The molecule has 29 heavy (non-hydrogen) atoms. The second kappa shape index (κ2) is 6.77. The van der Waals surface area contributed by atoms with Crippen molar-refractivity contribution in [2.45, 2.75) is 13.8 Å². The Labute approximate surface area is 165 Å². The van der Waals surface area contributed by atoms with E-state index in [1.54, 1.807) is 52.6 Å². The number of H-pyrrole nitrogens is 1. The van der Waals surface area contributed by atoms with Crippen molar-refractivity contribution in [3.63, 3.8) is 0 Å². The number of pyridine rings is 2. The number of aryl methyl sites for hydroxylation is 4. The molecule has 4 rings (SSSR count). The zero-order valence-corrected chi connectivity index (χ0v) is 16.5. The van der Waals surface area contributed by atoms with Gasteiger partial charge in [-0.2, -0.15) is 0 Å². The lowest BCUT2D eigenvalue weighted by atomic mass is 10.0. The second-order valence-electron chi connectivity index (χ2n) is 7.20. The van der Waals surface area contributed by atoms with E-state index in [0.717, 1.165) is 0 Å². The summed E-state index contributed by atoms with van der Waals surface area (Å²) in [4.78, 5) is 27.8. The van der Waals surface area contributed by atoms with Crippen LogP contribution in [0.15, 0.2) is 52.4 Å². The van der Waals surface area contributed by atoms with Gasteiger partial charge in [0.1, 0.15) is 17.1 Å². The van der Waals surface area contributed by atoms with E-state index < -0.39 is 0 Å². The molecule has 0 spiro atoms. The third-order valence-electron chi connectivity index (χ3n) is 5.01. The van der Waals surface area contributed by atoms with Gasteiger partial charge in [-0.05, 0) is 43.2 Å². The van der Waals surface area contributed by atoms with Crippen molar-refractivity contribution in [2.75, 3.05) is 0 Å². The maximum Gasteiger partial charge on any atom is 0.274 e. The molecule has 0 amide bonds. The summed E-state index contributed by atoms with van der Waals surface area (Å²) in [5.74, 6) is 0.632. The normalized spacial score (nSPS) is 11.2. The van der Waals surface area contributed by atoms with Crippen LogP contribution in [0.1, 0.15) is 11.1 Å². The van der Waals surface area contributed by atoms with Crippen molar-refractivity contribution in [1.82, 2.24) is 14.1 Å². The van der Waals surface area contributed by atoms with Gasteiger partial charge in [0, 0.05) is 49.1 Å². The van der Waals surface area contributed by atoms with Crippen molar-refractivity contribution in [3.05, 3.63) is 80.5 Å². The lowest BCUT2D eigenvalue weighted by molar-refractivity contribution is 0.468. The minimum absolute atomic E-state index is 0.162. The fourth-order valence-electron chi connectivity index (χ4n) is 3.55. The predicted octanol–water partition coefficient (Wildman–Crippen LogP) is 3.78. The highest BCUT2D eigenvalue weighted by molar-refractivity contribution is 5.95. The Bertz CT molecular complexity index is 1360. The molecule has 1 aromatic carbocycles. The summed E-state index contributed by atoms with van der Waals surface area (Å²) in [5.41, 5.74) is 2.61. The van der Waals surface area contributed by atoms with Crippen molar-refractivity contribution in [3.8, 4) is 22.6 Å². The molecule has 0 radical (unpaired) electrons. The largest absolute Gasteiger partial charge is 0.455 e. The van der Waals surface area contributed by atoms with E-state index in [9.17, 15) is 14.0 Å². The Hall–Kier alpha value is -3.61. The molecule has 6 nitrogen and oxygen atoms in total. The zero-order chi connectivity index (χ0) is 20.9. The molecule has 0 aliphatic heterocycles. The second-order valence-corrected chi connectivity index (χ2v) is 7.20. The van der Waals surface area contributed by atoms with Crippen molar-refractivity contribution in [2.24, 2.45) is 14.1 Å². The lowest BCUT2D eigenvalue weighted by Gasteiger charge is -2.17. The molecule has 3 aromatic heterocycles. The smallest absolute Gasteiger partial charge is 0.274 e. The van der Waals surface area contributed by atoms with Crippen molar-refractivity contribution < 1.29 is 9.13 Å². The number of nitrogens with zero attached hydrogens (tertiary/aromatic N) is 2. The number of benzene rings is 1. The van der Waals surface area contributed by atoms with Crippen LogP contribution in [0.25, 0.3) is 22.0 Å². The first-order valence-corrected chi connectivity index (χ1v) is 9.08. The minimum atomic E-state index is -0.333. The van der Waals surface area contributed by atoms with Crippen LogP contribution in [0.2, 0.25) is 0 Å². The van der Waals surface area contributed by atoms with Crippen molar-refractivity contribution >= 4 is 10.9 Å². The average Bonchev–Trinajstić information content (AvgIpc) is 3.14. The highest BCUT2D eigenvalue weighted by Crippen LogP contribution is 2.37. The van der Waals surface area contributed by atoms with E-state index in [4.69, 9.17) is 4.74 Å². The average molecular weight is 393 g/mol. The van der Waals surface area contributed by atoms with E-state index in [-0.39, 0.29) is 16.9 Å². The maximum absolute atomic E-state index is 13.7. The molecule has 0 saturated heterocycles. The van der Waals surface area contributed by atoms with Crippen LogP contribution in [0.4, 0.5) is 4.39 Å². The first kappa shape index (κ1) is 18.7. The molecule has 7 heteroatoms. The first-order valence-electron chi connectivity index (χ1n) is 9.08. The Morgan fingerprint density at radius 3 is 2.34 bits per heavy atom. The number of hydrogen-bond acceptors (Lipinski definition) is 3. The van der Waals surface area contributed by atoms with Crippen LogP contribution in [0.5, 0.6) is 11.5 Å². The molecule has 0 atom stereocenters. The van der Waals surface area contributed by atoms with Gasteiger partial charge >= 0.3 is 0 Å². The number of fused-ring (bicyclic) bond motifs is 1. The molecule has 0 fully saturated rings. The summed E-state index contributed by atoms with van der Waals surface area (Å²) < 4.78 is 22.8. The maximum atomic E-state index is 13.7. The third-order valence-corrected chi connectivity index (χ3v) is 5.01. The van der Waals surface area contributed by atoms with Gasteiger partial charge in [-0.25, -0.2) is 4.39 Å². The highest BCUT2D eigenvalue weighted by atomic mass is 19.1. The Morgan fingerprint density at radius 1 is 0.966 bits per heavy atom. The molecule has 0 aliphatic carbocycles. The summed E-state index contributed by atoms with van der Waals surface area (Å²) in [6, 6.07) is 6.08. The predicted molar refractivity (Wildman–Crippen MR) is 110 cm³/mol. The van der Waals surface area contributed by atoms with E-state index in [2.05, 4.69) is 4.98 Å². The molecule has 148 valence electrons. The molecule has 4 aromatic rings. The van der Waals surface area contributed by atoms with Gasteiger partial charge in [-0.15, -0.1) is 0 Å². The molecule has 0 saturated carbocycles. The number of aromatic amines is 1. The molecule has 1 N–H and O–H groups in total. The van der Waals surface area contributed by atoms with Crippen LogP contribution < -0.4 is 15.9 Å². The van der Waals surface area contributed by atoms with Gasteiger partial charge in [-0.1, -0.05) is 0 Å². The summed E-state index contributed by atoms with van der Waals surface area (Å²) in [6.45, 7) is 3.53. The van der Waals surface area contributed by atoms with Crippen LogP contribution >= 0.6 is 0 Å². The standard InChI is InChI=1S/C22H20FN3O3/c1-12-7-14(23)8-13(2)21(12)29-18-11-25(3)19(27)9-16(18)17-10-26(4)22(28)20-15(17)5-6-24-20/h5-11,24H,1-4H3. The monoisotopic (exact) mass is 393 g/mol. The zero-order valence-electron chi connectivity index (χ0n) is 16.5. The van der Waals surface area contributed by atoms with E-state index in [0.29, 0.717) is 44.7 Å². The fraction of sp³-hybridized carbons (Fsp3) is 0.182. The molecular formula is C22H20FN3O3.